The monoisotopic (exact) mass is 245 g/mol. The van der Waals surface area contributed by atoms with Gasteiger partial charge in [-0.1, -0.05) is 17.3 Å². The smallest absolute Gasteiger partial charge is 0.140 e. The highest BCUT2D eigenvalue weighted by Gasteiger charge is 2.48. The predicted molar refractivity (Wildman–Crippen MR) is 71.1 cm³/mol. The van der Waals surface area contributed by atoms with E-state index in [4.69, 9.17) is 9.57 Å². The SMILES string of the molecule is COc1ccc([C@@H]2CC[C@@H]3C2=NOC3(C)C)cc1. The maximum absolute atomic E-state index is 5.57. The van der Waals surface area contributed by atoms with Crippen LogP contribution in [0.15, 0.2) is 29.4 Å². The summed E-state index contributed by atoms with van der Waals surface area (Å²) in [5.41, 5.74) is 2.42. The standard InChI is InChI=1S/C15H19NO2/c1-15(2)13-9-8-12(14(13)16-18-15)10-4-6-11(17-3)7-5-10/h4-7,12-13H,8-9H2,1-3H3/t12-,13+/m0/s1. The van der Waals surface area contributed by atoms with Crippen molar-refractivity contribution in [3.8, 4) is 5.75 Å². The average Bonchev–Trinajstić information content (AvgIpc) is 2.92. The number of methoxy groups -OCH3 is 1. The fraction of sp³-hybridized carbons (Fsp3) is 0.533. The average molecular weight is 245 g/mol. The summed E-state index contributed by atoms with van der Waals surface area (Å²) in [6.07, 6.45) is 2.34. The molecule has 0 amide bonds. The van der Waals surface area contributed by atoms with E-state index in [1.54, 1.807) is 7.11 Å². The Balaban J connectivity index is 1.86. The number of hydrogen-bond acceptors (Lipinski definition) is 3. The Morgan fingerprint density at radius 3 is 2.61 bits per heavy atom. The molecule has 1 saturated carbocycles. The van der Waals surface area contributed by atoms with Gasteiger partial charge in [0, 0.05) is 11.8 Å². The van der Waals surface area contributed by atoms with Crippen molar-refractivity contribution < 1.29 is 9.57 Å². The van der Waals surface area contributed by atoms with Crippen molar-refractivity contribution in [2.75, 3.05) is 7.11 Å². The van der Waals surface area contributed by atoms with Crippen LogP contribution in [-0.4, -0.2) is 18.4 Å². The molecule has 1 heterocycles. The number of rotatable bonds is 2. The minimum atomic E-state index is -0.128. The van der Waals surface area contributed by atoms with Crippen molar-refractivity contribution in [1.82, 2.24) is 0 Å². The van der Waals surface area contributed by atoms with Crippen LogP contribution < -0.4 is 4.74 Å². The van der Waals surface area contributed by atoms with Gasteiger partial charge in [-0.05, 0) is 44.4 Å². The molecule has 1 aromatic carbocycles. The maximum atomic E-state index is 5.57. The van der Waals surface area contributed by atoms with Crippen molar-refractivity contribution in [1.29, 1.82) is 0 Å². The quantitative estimate of drug-likeness (QED) is 0.800. The molecule has 3 rings (SSSR count). The molecule has 0 saturated heterocycles. The molecule has 1 aliphatic heterocycles. The number of nitrogens with zero attached hydrogens (tertiary/aromatic N) is 1. The predicted octanol–water partition coefficient (Wildman–Crippen LogP) is 3.35. The van der Waals surface area contributed by atoms with Crippen LogP contribution in [0.2, 0.25) is 0 Å². The number of oxime groups is 1. The molecule has 1 fully saturated rings. The van der Waals surface area contributed by atoms with Crippen molar-refractivity contribution in [2.45, 2.75) is 38.2 Å². The molecule has 0 N–H and O–H groups in total. The van der Waals surface area contributed by atoms with E-state index in [-0.39, 0.29) is 5.60 Å². The molecule has 3 nitrogen and oxygen atoms in total. The van der Waals surface area contributed by atoms with Crippen molar-refractivity contribution in [2.24, 2.45) is 11.1 Å². The first kappa shape index (κ1) is 11.6. The van der Waals surface area contributed by atoms with E-state index in [2.05, 4.69) is 31.1 Å². The summed E-state index contributed by atoms with van der Waals surface area (Å²) in [4.78, 5) is 5.57. The third-order valence-electron chi connectivity index (χ3n) is 4.20. The second-order valence-electron chi connectivity index (χ2n) is 5.67. The van der Waals surface area contributed by atoms with E-state index in [1.807, 2.05) is 12.1 Å². The Hall–Kier alpha value is -1.51. The highest BCUT2D eigenvalue weighted by atomic mass is 16.7. The third-order valence-corrected chi connectivity index (χ3v) is 4.20. The third kappa shape index (κ3) is 1.69. The molecule has 0 unspecified atom stereocenters. The summed E-state index contributed by atoms with van der Waals surface area (Å²) in [6.45, 7) is 4.26. The Kier molecular flexibility index (Phi) is 2.58. The Bertz CT molecular complexity index is 476. The topological polar surface area (TPSA) is 30.8 Å². The summed E-state index contributed by atoms with van der Waals surface area (Å²) in [5, 5.41) is 4.34. The number of ether oxygens (including phenoxy) is 1. The van der Waals surface area contributed by atoms with Crippen LogP contribution in [0.3, 0.4) is 0 Å². The number of benzene rings is 1. The number of fused-ring (bicyclic) bond motifs is 1. The first-order chi connectivity index (χ1) is 8.62. The zero-order chi connectivity index (χ0) is 12.8. The highest BCUT2D eigenvalue weighted by molar-refractivity contribution is 5.96. The van der Waals surface area contributed by atoms with E-state index in [1.165, 1.54) is 24.1 Å². The Morgan fingerprint density at radius 2 is 1.94 bits per heavy atom. The van der Waals surface area contributed by atoms with Crippen LogP contribution in [-0.2, 0) is 4.84 Å². The molecule has 96 valence electrons. The van der Waals surface area contributed by atoms with Crippen LogP contribution in [0.5, 0.6) is 5.75 Å². The first-order valence-electron chi connectivity index (χ1n) is 6.52. The van der Waals surface area contributed by atoms with Crippen molar-refractivity contribution >= 4 is 5.71 Å². The second-order valence-corrected chi connectivity index (χ2v) is 5.67. The molecule has 2 atom stereocenters. The number of hydrogen-bond donors (Lipinski definition) is 0. The summed E-state index contributed by atoms with van der Waals surface area (Å²) >= 11 is 0. The van der Waals surface area contributed by atoms with Crippen LogP contribution in [0.25, 0.3) is 0 Å². The largest absolute Gasteiger partial charge is 0.497 e. The molecule has 0 bridgehead atoms. The van der Waals surface area contributed by atoms with Crippen LogP contribution >= 0.6 is 0 Å². The zero-order valence-electron chi connectivity index (χ0n) is 11.1. The van der Waals surface area contributed by atoms with E-state index in [9.17, 15) is 0 Å². The summed E-state index contributed by atoms with van der Waals surface area (Å²) in [5.74, 6) is 1.80. The van der Waals surface area contributed by atoms with Gasteiger partial charge in [-0.2, -0.15) is 0 Å². The van der Waals surface area contributed by atoms with Gasteiger partial charge in [0.05, 0.1) is 12.8 Å². The fourth-order valence-corrected chi connectivity index (χ4v) is 3.11. The van der Waals surface area contributed by atoms with Gasteiger partial charge in [-0.15, -0.1) is 0 Å². The van der Waals surface area contributed by atoms with Gasteiger partial charge in [-0.25, -0.2) is 0 Å². The zero-order valence-corrected chi connectivity index (χ0v) is 11.1. The lowest BCUT2D eigenvalue weighted by Crippen LogP contribution is -2.30. The van der Waals surface area contributed by atoms with E-state index >= 15 is 0 Å². The van der Waals surface area contributed by atoms with Gasteiger partial charge in [0.1, 0.15) is 11.4 Å². The molecular formula is C15H19NO2. The van der Waals surface area contributed by atoms with E-state index in [0.29, 0.717) is 11.8 Å². The molecule has 18 heavy (non-hydrogen) atoms. The van der Waals surface area contributed by atoms with Crippen LogP contribution in [0, 0.1) is 5.92 Å². The molecule has 0 spiro atoms. The lowest BCUT2D eigenvalue weighted by molar-refractivity contribution is -0.0158. The molecule has 2 aliphatic rings. The maximum Gasteiger partial charge on any atom is 0.140 e. The Morgan fingerprint density at radius 1 is 1.22 bits per heavy atom. The molecule has 3 heteroatoms. The Labute approximate surface area is 108 Å². The summed E-state index contributed by atoms with van der Waals surface area (Å²) in [7, 11) is 1.69. The normalized spacial score (nSPS) is 28.5. The lowest BCUT2D eigenvalue weighted by atomic mass is 9.86. The highest BCUT2D eigenvalue weighted by Crippen LogP contribution is 2.46. The van der Waals surface area contributed by atoms with Crippen molar-refractivity contribution in [3.05, 3.63) is 29.8 Å². The first-order valence-corrected chi connectivity index (χ1v) is 6.52. The van der Waals surface area contributed by atoms with Crippen LogP contribution in [0.4, 0.5) is 0 Å². The minimum absolute atomic E-state index is 0.128. The van der Waals surface area contributed by atoms with Crippen molar-refractivity contribution in [3.63, 3.8) is 0 Å². The van der Waals surface area contributed by atoms with E-state index in [0.717, 1.165) is 5.75 Å². The fourth-order valence-electron chi connectivity index (χ4n) is 3.11. The summed E-state index contributed by atoms with van der Waals surface area (Å²) < 4.78 is 5.20. The van der Waals surface area contributed by atoms with Crippen LogP contribution in [0.1, 0.15) is 38.2 Å². The van der Waals surface area contributed by atoms with Gasteiger partial charge < -0.3 is 9.57 Å². The molecule has 0 aromatic heterocycles. The lowest BCUT2D eigenvalue weighted by Gasteiger charge is -2.21. The van der Waals surface area contributed by atoms with Gasteiger partial charge in [-0.3, -0.25) is 0 Å². The molecule has 0 radical (unpaired) electrons. The minimum Gasteiger partial charge on any atom is -0.497 e. The van der Waals surface area contributed by atoms with E-state index < -0.39 is 0 Å². The van der Waals surface area contributed by atoms with Gasteiger partial charge >= 0.3 is 0 Å². The summed E-state index contributed by atoms with van der Waals surface area (Å²) in [6, 6.07) is 8.31. The second kappa shape index (κ2) is 4.01. The molecular weight excluding hydrogens is 226 g/mol. The molecule has 1 aliphatic carbocycles. The van der Waals surface area contributed by atoms with Gasteiger partial charge in [0.25, 0.3) is 0 Å². The van der Waals surface area contributed by atoms with Gasteiger partial charge in [0.15, 0.2) is 0 Å². The molecule has 1 aromatic rings. The van der Waals surface area contributed by atoms with Gasteiger partial charge in [0.2, 0.25) is 0 Å².